The molecule has 3 heteroatoms. The molecule has 0 amide bonds. The molecule has 0 fully saturated rings. The SMILES string of the molecule is CC1CCc2c(cnn2C)C1=O. The maximum Gasteiger partial charge on any atom is 0.169 e. The van der Waals surface area contributed by atoms with Gasteiger partial charge < -0.3 is 0 Å². The number of fused-ring (bicyclic) bond motifs is 1. The second kappa shape index (κ2) is 2.44. The molecule has 1 aliphatic rings. The van der Waals surface area contributed by atoms with Crippen LogP contribution in [0.25, 0.3) is 0 Å². The van der Waals surface area contributed by atoms with Crippen molar-refractivity contribution in [2.45, 2.75) is 19.8 Å². The van der Waals surface area contributed by atoms with E-state index in [4.69, 9.17) is 0 Å². The van der Waals surface area contributed by atoms with Gasteiger partial charge in [-0.15, -0.1) is 0 Å². The first-order valence-corrected chi connectivity index (χ1v) is 4.25. The number of aromatic nitrogens is 2. The third-order valence-corrected chi connectivity index (χ3v) is 2.59. The van der Waals surface area contributed by atoms with E-state index in [9.17, 15) is 4.79 Å². The van der Waals surface area contributed by atoms with Crippen LogP contribution in [0.3, 0.4) is 0 Å². The van der Waals surface area contributed by atoms with Crippen molar-refractivity contribution in [2.24, 2.45) is 13.0 Å². The Labute approximate surface area is 71.4 Å². The lowest BCUT2D eigenvalue weighted by atomic mass is 9.88. The van der Waals surface area contributed by atoms with Crippen molar-refractivity contribution < 1.29 is 4.79 Å². The lowest BCUT2D eigenvalue weighted by molar-refractivity contribution is 0.0913. The number of aryl methyl sites for hydroxylation is 1. The summed E-state index contributed by atoms with van der Waals surface area (Å²) in [5, 5.41) is 4.08. The highest BCUT2D eigenvalue weighted by molar-refractivity contribution is 5.99. The highest BCUT2D eigenvalue weighted by Gasteiger charge is 2.26. The summed E-state index contributed by atoms with van der Waals surface area (Å²) in [6.07, 6.45) is 3.64. The zero-order valence-corrected chi connectivity index (χ0v) is 7.37. The zero-order valence-electron chi connectivity index (χ0n) is 7.37. The Morgan fingerprint density at radius 2 is 2.42 bits per heavy atom. The first-order chi connectivity index (χ1) is 5.70. The summed E-state index contributed by atoms with van der Waals surface area (Å²) in [7, 11) is 1.89. The van der Waals surface area contributed by atoms with Gasteiger partial charge in [0.15, 0.2) is 5.78 Å². The molecule has 1 unspecified atom stereocenters. The van der Waals surface area contributed by atoms with Crippen LogP contribution in [0, 0.1) is 5.92 Å². The number of hydrogen-bond donors (Lipinski definition) is 0. The molecule has 1 aliphatic carbocycles. The van der Waals surface area contributed by atoms with Gasteiger partial charge in [0.25, 0.3) is 0 Å². The largest absolute Gasteiger partial charge is 0.294 e. The molecule has 0 bridgehead atoms. The highest BCUT2D eigenvalue weighted by Crippen LogP contribution is 2.24. The van der Waals surface area contributed by atoms with Crippen LogP contribution in [0.5, 0.6) is 0 Å². The Morgan fingerprint density at radius 1 is 1.67 bits per heavy atom. The van der Waals surface area contributed by atoms with Crippen LogP contribution in [0.15, 0.2) is 6.20 Å². The summed E-state index contributed by atoms with van der Waals surface area (Å²) in [4.78, 5) is 11.6. The molecule has 1 aromatic heterocycles. The fraction of sp³-hybridized carbons (Fsp3) is 0.556. The third kappa shape index (κ3) is 0.891. The molecule has 0 N–H and O–H groups in total. The number of carbonyl (C=O) groups excluding carboxylic acids is 1. The van der Waals surface area contributed by atoms with E-state index in [-0.39, 0.29) is 11.7 Å². The summed E-state index contributed by atoms with van der Waals surface area (Å²) in [5.41, 5.74) is 1.93. The van der Waals surface area contributed by atoms with Gasteiger partial charge >= 0.3 is 0 Å². The van der Waals surface area contributed by atoms with Crippen molar-refractivity contribution >= 4 is 5.78 Å². The normalized spacial score (nSPS) is 22.5. The van der Waals surface area contributed by atoms with Crippen LogP contribution in [-0.4, -0.2) is 15.6 Å². The minimum Gasteiger partial charge on any atom is -0.294 e. The van der Waals surface area contributed by atoms with Gasteiger partial charge in [0.05, 0.1) is 11.8 Å². The minimum atomic E-state index is 0.182. The van der Waals surface area contributed by atoms with Gasteiger partial charge in [0, 0.05) is 18.7 Å². The van der Waals surface area contributed by atoms with Crippen LogP contribution < -0.4 is 0 Å². The molecule has 2 rings (SSSR count). The molecule has 12 heavy (non-hydrogen) atoms. The maximum atomic E-state index is 11.6. The summed E-state index contributed by atoms with van der Waals surface area (Å²) < 4.78 is 1.80. The molecule has 0 saturated carbocycles. The fourth-order valence-electron chi connectivity index (χ4n) is 1.71. The standard InChI is InChI=1S/C9H12N2O/c1-6-3-4-8-7(9(6)12)5-10-11(8)2/h5-6H,3-4H2,1-2H3. The quantitative estimate of drug-likeness (QED) is 0.577. The van der Waals surface area contributed by atoms with Gasteiger partial charge in [-0.05, 0) is 12.8 Å². The second-order valence-corrected chi connectivity index (χ2v) is 3.43. The smallest absolute Gasteiger partial charge is 0.169 e. The first-order valence-electron chi connectivity index (χ1n) is 4.25. The van der Waals surface area contributed by atoms with Crippen molar-refractivity contribution in [3.63, 3.8) is 0 Å². The van der Waals surface area contributed by atoms with Crippen molar-refractivity contribution in [3.8, 4) is 0 Å². The number of carbonyl (C=O) groups is 1. The molecule has 0 saturated heterocycles. The van der Waals surface area contributed by atoms with E-state index in [0.29, 0.717) is 0 Å². The van der Waals surface area contributed by atoms with Gasteiger partial charge in [0.1, 0.15) is 0 Å². The zero-order chi connectivity index (χ0) is 8.72. The van der Waals surface area contributed by atoms with Gasteiger partial charge in [-0.25, -0.2) is 0 Å². The average Bonchev–Trinajstić information content (AvgIpc) is 2.41. The summed E-state index contributed by atoms with van der Waals surface area (Å²) in [5.74, 6) is 0.436. The Kier molecular flexibility index (Phi) is 1.53. The fourth-order valence-corrected chi connectivity index (χ4v) is 1.71. The van der Waals surface area contributed by atoms with Crippen molar-refractivity contribution in [1.29, 1.82) is 0 Å². The second-order valence-electron chi connectivity index (χ2n) is 3.43. The molecule has 0 spiro atoms. The van der Waals surface area contributed by atoms with E-state index in [1.807, 2.05) is 14.0 Å². The molecular weight excluding hydrogens is 152 g/mol. The average molecular weight is 164 g/mol. The molecule has 1 heterocycles. The number of ketones is 1. The predicted molar refractivity (Wildman–Crippen MR) is 45.0 cm³/mol. The van der Waals surface area contributed by atoms with E-state index in [0.717, 1.165) is 24.1 Å². The van der Waals surface area contributed by atoms with Gasteiger partial charge in [-0.1, -0.05) is 6.92 Å². The van der Waals surface area contributed by atoms with Crippen LogP contribution in [0.2, 0.25) is 0 Å². The van der Waals surface area contributed by atoms with Crippen molar-refractivity contribution in [1.82, 2.24) is 9.78 Å². The number of Topliss-reactive ketones (excluding diaryl/α,β-unsaturated/α-hetero) is 1. The van der Waals surface area contributed by atoms with E-state index < -0.39 is 0 Å². The predicted octanol–water partition coefficient (Wildman–Crippen LogP) is 1.19. The molecule has 0 aliphatic heterocycles. The molecule has 1 atom stereocenters. The summed E-state index contributed by atoms with van der Waals surface area (Å²) in [6.45, 7) is 1.98. The maximum absolute atomic E-state index is 11.6. The third-order valence-electron chi connectivity index (χ3n) is 2.59. The number of nitrogens with zero attached hydrogens (tertiary/aromatic N) is 2. The summed E-state index contributed by atoms with van der Waals surface area (Å²) >= 11 is 0. The Balaban J connectivity index is 2.50. The van der Waals surface area contributed by atoms with E-state index >= 15 is 0 Å². The topological polar surface area (TPSA) is 34.9 Å². The molecule has 3 nitrogen and oxygen atoms in total. The Morgan fingerprint density at radius 3 is 3.17 bits per heavy atom. The van der Waals surface area contributed by atoms with Crippen LogP contribution in [0.4, 0.5) is 0 Å². The lowest BCUT2D eigenvalue weighted by Crippen LogP contribution is -2.20. The molecule has 1 aromatic rings. The van der Waals surface area contributed by atoms with Gasteiger partial charge in [-0.2, -0.15) is 5.10 Å². The van der Waals surface area contributed by atoms with E-state index in [1.54, 1.807) is 10.9 Å². The number of rotatable bonds is 0. The Hall–Kier alpha value is -1.12. The monoisotopic (exact) mass is 164 g/mol. The molecule has 0 aromatic carbocycles. The van der Waals surface area contributed by atoms with Crippen LogP contribution in [0.1, 0.15) is 29.4 Å². The lowest BCUT2D eigenvalue weighted by Gasteiger charge is -2.16. The molecule has 0 radical (unpaired) electrons. The van der Waals surface area contributed by atoms with Crippen molar-refractivity contribution in [2.75, 3.05) is 0 Å². The van der Waals surface area contributed by atoms with E-state index in [2.05, 4.69) is 5.10 Å². The summed E-state index contributed by atoms with van der Waals surface area (Å²) in [6, 6.07) is 0. The minimum absolute atomic E-state index is 0.182. The Bertz CT molecular complexity index is 327. The first kappa shape index (κ1) is 7.53. The van der Waals surface area contributed by atoms with Gasteiger partial charge in [0.2, 0.25) is 0 Å². The number of hydrogen-bond acceptors (Lipinski definition) is 2. The van der Waals surface area contributed by atoms with Crippen LogP contribution in [-0.2, 0) is 13.5 Å². The van der Waals surface area contributed by atoms with E-state index in [1.165, 1.54) is 0 Å². The highest BCUT2D eigenvalue weighted by atomic mass is 16.1. The molecular formula is C9H12N2O. The van der Waals surface area contributed by atoms with Crippen LogP contribution >= 0.6 is 0 Å². The van der Waals surface area contributed by atoms with Gasteiger partial charge in [-0.3, -0.25) is 9.48 Å². The molecule has 64 valence electrons. The van der Waals surface area contributed by atoms with Crippen molar-refractivity contribution in [3.05, 3.63) is 17.5 Å².